The third-order valence-electron chi connectivity index (χ3n) is 4.72. The van der Waals surface area contributed by atoms with E-state index in [-0.39, 0.29) is 0 Å². The van der Waals surface area contributed by atoms with Crippen molar-refractivity contribution in [2.75, 3.05) is 19.6 Å². The van der Waals surface area contributed by atoms with Crippen molar-refractivity contribution in [3.05, 3.63) is 35.9 Å². The molecule has 0 bridgehead atoms. The second-order valence-corrected chi connectivity index (χ2v) is 6.67. The molecule has 1 aromatic carbocycles. The zero-order chi connectivity index (χ0) is 15.5. The van der Waals surface area contributed by atoms with Crippen molar-refractivity contribution in [1.29, 1.82) is 0 Å². The Morgan fingerprint density at radius 2 is 1.86 bits per heavy atom. The molecule has 2 heteroatoms. The first kappa shape index (κ1) is 17.1. The molecule has 0 aromatic heterocycles. The molecule has 0 saturated carbocycles. The fraction of sp³-hybridized carbons (Fsp3) is 0.650. The van der Waals surface area contributed by atoms with E-state index in [0.717, 1.165) is 12.5 Å². The van der Waals surface area contributed by atoms with Gasteiger partial charge >= 0.3 is 0 Å². The van der Waals surface area contributed by atoms with E-state index in [0.29, 0.717) is 0 Å². The number of nitrogens with zero attached hydrogens (tertiary/aromatic N) is 1. The van der Waals surface area contributed by atoms with Gasteiger partial charge in [0.1, 0.15) is 13.1 Å². The van der Waals surface area contributed by atoms with Crippen molar-refractivity contribution in [2.24, 2.45) is 5.92 Å². The number of rotatable bonds is 11. The monoisotopic (exact) mass is 301 g/mol. The van der Waals surface area contributed by atoms with Crippen LogP contribution in [0.3, 0.4) is 0 Å². The predicted octanol–water partition coefficient (Wildman–Crippen LogP) is 4.24. The first-order valence-corrected chi connectivity index (χ1v) is 9.23. The first-order chi connectivity index (χ1) is 10.9. The van der Waals surface area contributed by atoms with E-state index in [2.05, 4.69) is 53.5 Å². The number of hydrogen-bond donors (Lipinski definition) is 1. The molecule has 0 saturated heterocycles. The third kappa shape index (κ3) is 6.64. The SMILES string of the molecule is CCCCCCCC(CC[N+]1=CNCC1)Cc1ccccc1. The summed E-state index contributed by atoms with van der Waals surface area (Å²) in [5.74, 6) is 0.832. The Morgan fingerprint density at radius 1 is 1.05 bits per heavy atom. The van der Waals surface area contributed by atoms with Crippen LogP contribution in [0.15, 0.2) is 30.3 Å². The second kappa shape index (κ2) is 10.4. The number of hydrogen-bond acceptors (Lipinski definition) is 1. The average molecular weight is 301 g/mol. The zero-order valence-electron chi connectivity index (χ0n) is 14.3. The number of nitrogens with one attached hydrogen (secondary N) is 1. The summed E-state index contributed by atoms with van der Waals surface area (Å²) in [4.78, 5) is 0. The lowest BCUT2D eigenvalue weighted by atomic mass is 9.90. The largest absolute Gasteiger partial charge is 0.277 e. The maximum atomic E-state index is 3.31. The quantitative estimate of drug-likeness (QED) is 0.477. The van der Waals surface area contributed by atoms with Gasteiger partial charge in [-0.15, -0.1) is 0 Å². The fourth-order valence-corrected chi connectivity index (χ4v) is 3.32. The van der Waals surface area contributed by atoms with Crippen molar-refractivity contribution in [2.45, 2.75) is 58.3 Å². The van der Waals surface area contributed by atoms with Crippen LogP contribution in [0.1, 0.15) is 57.4 Å². The van der Waals surface area contributed by atoms with Crippen LogP contribution in [-0.4, -0.2) is 30.5 Å². The van der Waals surface area contributed by atoms with Crippen LogP contribution in [0, 0.1) is 5.92 Å². The average Bonchev–Trinajstić information content (AvgIpc) is 3.06. The van der Waals surface area contributed by atoms with Gasteiger partial charge in [0.25, 0.3) is 0 Å². The van der Waals surface area contributed by atoms with Gasteiger partial charge in [-0.05, 0) is 30.7 Å². The Hall–Kier alpha value is -1.31. The molecule has 1 atom stereocenters. The van der Waals surface area contributed by atoms with E-state index in [9.17, 15) is 0 Å². The maximum absolute atomic E-state index is 3.31. The van der Waals surface area contributed by atoms with Gasteiger partial charge in [0.2, 0.25) is 6.34 Å². The van der Waals surface area contributed by atoms with Crippen molar-refractivity contribution in [3.8, 4) is 0 Å². The summed E-state index contributed by atoms with van der Waals surface area (Å²) in [5.41, 5.74) is 1.50. The normalized spacial score (nSPS) is 15.4. The van der Waals surface area contributed by atoms with Gasteiger partial charge in [0, 0.05) is 0 Å². The van der Waals surface area contributed by atoms with Crippen LogP contribution in [0.2, 0.25) is 0 Å². The molecule has 1 N–H and O–H groups in total. The Balaban J connectivity index is 1.77. The molecule has 0 spiro atoms. The lowest BCUT2D eigenvalue weighted by Crippen LogP contribution is -2.17. The molecule has 0 fully saturated rings. The Kier molecular flexibility index (Phi) is 8.08. The lowest BCUT2D eigenvalue weighted by Gasteiger charge is -2.17. The highest BCUT2D eigenvalue weighted by atomic mass is 15.1. The summed E-state index contributed by atoms with van der Waals surface area (Å²) in [5, 5.41) is 3.31. The van der Waals surface area contributed by atoms with Gasteiger partial charge in [-0.25, -0.2) is 0 Å². The number of unbranched alkanes of at least 4 members (excludes halogenated alkanes) is 4. The third-order valence-corrected chi connectivity index (χ3v) is 4.72. The van der Waals surface area contributed by atoms with Crippen LogP contribution < -0.4 is 5.32 Å². The fourth-order valence-electron chi connectivity index (χ4n) is 3.32. The predicted molar refractivity (Wildman–Crippen MR) is 95.7 cm³/mol. The lowest BCUT2D eigenvalue weighted by molar-refractivity contribution is -0.515. The van der Waals surface area contributed by atoms with E-state index in [1.54, 1.807) is 0 Å². The second-order valence-electron chi connectivity index (χ2n) is 6.67. The highest BCUT2D eigenvalue weighted by Gasteiger charge is 2.14. The molecule has 1 aromatic rings. The summed E-state index contributed by atoms with van der Waals surface area (Å²) >= 11 is 0. The molecule has 1 heterocycles. The number of benzene rings is 1. The van der Waals surface area contributed by atoms with Gasteiger partial charge in [-0.2, -0.15) is 0 Å². The van der Waals surface area contributed by atoms with E-state index >= 15 is 0 Å². The van der Waals surface area contributed by atoms with Gasteiger partial charge < -0.3 is 0 Å². The topological polar surface area (TPSA) is 15.0 Å². The van der Waals surface area contributed by atoms with E-state index in [1.807, 2.05) is 0 Å². The van der Waals surface area contributed by atoms with Crippen molar-refractivity contribution in [3.63, 3.8) is 0 Å². The van der Waals surface area contributed by atoms with Gasteiger partial charge in [-0.1, -0.05) is 69.4 Å². The van der Waals surface area contributed by atoms with Gasteiger partial charge in [0.15, 0.2) is 0 Å². The van der Waals surface area contributed by atoms with Crippen molar-refractivity contribution < 1.29 is 4.58 Å². The van der Waals surface area contributed by atoms with Gasteiger partial charge in [0.05, 0.1) is 6.54 Å². The van der Waals surface area contributed by atoms with Crippen LogP contribution in [0.5, 0.6) is 0 Å². The summed E-state index contributed by atoms with van der Waals surface area (Å²) < 4.78 is 2.44. The first-order valence-electron chi connectivity index (χ1n) is 9.23. The standard InChI is InChI=1S/C20H32N2/c1-2-3-4-5-7-12-20(13-15-22-16-14-21-18-22)17-19-10-8-6-9-11-19/h6,8-11,18,20H,2-5,7,12-17H2,1H3/p+1. The van der Waals surface area contributed by atoms with Crippen molar-refractivity contribution in [1.82, 2.24) is 5.32 Å². The molecule has 2 rings (SSSR count). The highest BCUT2D eigenvalue weighted by molar-refractivity contribution is 5.49. The molecule has 2 nitrogen and oxygen atoms in total. The summed E-state index contributed by atoms with van der Waals surface area (Å²) in [6.07, 6.45) is 13.1. The molecular weight excluding hydrogens is 268 g/mol. The summed E-state index contributed by atoms with van der Waals surface area (Å²) in [6, 6.07) is 11.0. The summed E-state index contributed by atoms with van der Waals surface area (Å²) in [7, 11) is 0. The molecule has 1 aliphatic rings. The van der Waals surface area contributed by atoms with E-state index in [4.69, 9.17) is 0 Å². The van der Waals surface area contributed by atoms with E-state index < -0.39 is 0 Å². The Morgan fingerprint density at radius 3 is 2.59 bits per heavy atom. The molecule has 0 radical (unpaired) electrons. The van der Waals surface area contributed by atoms with Gasteiger partial charge in [-0.3, -0.25) is 9.89 Å². The van der Waals surface area contributed by atoms with Crippen LogP contribution in [0.4, 0.5) is 0 Å². The van der Waals surface area contributed by atoms with Crippen LogP contribution in [-0.2, 0) is 6.42 Å². The molecule has 1 aliphatic heterocycles. The molecule has 122 valence electrons. The molecular formula is C20H33N2+. The Labute approximate surface area is 136 Å². The zero-order valence-corrected chi connectivity index (χ0v) is 14.3. The molecule has 1 unspecified atom stereocenters. The minimum atomic E-state index is 0.832. The maximum Gasteiger partial charge on any atom is 0.232 e. The van der Waals surface area contributed by atoms with Crippen LogP contribution >= 0.6 is 0 Å². The summed E-state index contributed by atoms with van der Waals surface area (Å²) in [6.45, 7) is 5.78. The van der Waals surface area contributed by atoms with E-state index in [1.165, 1.54) is 70.0 Å². The minimum Gasteiger partial charge on any atom is -0.277 e. The highest BCUT2D eigenvalue weighted by Crippen LogP contribution is 2.20. The van der Waals surface area contributed by atoms with Crippen molar-refractivity contribution >= 4 is 6.34 Å². The smallest absolute Gasteiger partial charge is 0.232 e. The molecule has 22 heavy (non-hydrogen) atoms. The van der Waals surface area contributed by atoms with Crippen LogP contribution in [0.25, 0.3) is 0 Å². The Bertz CT molecular complexity index is 425. The molecule has 0 aliphatic carbocycles. The minimum absolute atomic E-state index is 0.832. The molecule has 0 amide bonds.